The molecule has 0 aliphatic carbocycles. The summed E-state index contributed by atoms with van der Waals surface area (Å²) in [6.07, 6.45) is -2.18. The lowest BCUT2D eigenvalue weighted by Crippen LogP contribution is -2.05. The summed E-state index contributed by atoms with van der Waals surface area (Å²) in [5, 5.41) is 0. The molecule has 0 aliphatic heterocycles. The van der Waals surface area contributed by atoms with Crippen molar-refractivity contribution in [3.8, 4) is 28.7 Å². The van der Waals surface area contributed by atoms with E-state index in [4.69, 9.17) is 9.47 Å². The van der Waals surface area contributed by atoms with Gasteiger partial charge in [-0.05, 0) is 30.3 Å². The number of rotatable bonds is 4. The zero-order valence-electron chi connectivity index (χ0n) is 13.4. The molecule has 2 aromatic heterocycles. The summed E-state index contributed by atoms with van der Waals surface area (Å²) >= 11 is 0. The highest BCUT2D eigenvalue weighted by Gasteiger charge is 2.35. The van der Waals surface area contributed by atoms with Crippen molar-refractivity contribution in [2.24, 2.45) is 0 Å². The molecule has 0 atom stereocenters. The third-order valence-corrected chi connectivity index (χ3v) is 3.55. The predicted molar refractivity (Wildman–Crippen MR) is 84.9 cm³/mol. The van der Waals surface area contributed by atoms with Crippen molar-refractivity contribution in [2.45, 2.75) is 6.18 Å². The van der Waals surface area contributed by atoms with Gasteiger partial charge in [-0.2, -0.15) is 13.2 Å². The molecule has 0 bridgehead atoms. The second-order valence-corrected chi connectivity index (χ2v) is 5.10. The summed E-state index contributed by atoms with van der Waals surface area (Å²) in [5.41, 5.74) is -0.0177. The number of nitrogens with zero attached hydrogens (tertiary/aromatic N) is 3. The van der Waals surface area contributed by atoms with E-state index in [2.05, 4.69) is 9.97 Å². The molecule has 5 nitrogen and oxygen atoms in total. The van der Waals surface area contributed by atoms with Crippen molar-refractivity contribution in [2.75, 3.05) is 14.2 Å². The molecule has 0 saturated heterocycles. The number of benzene rings is 1. The highest BCUT2D eigenvalue weighted by molar-refractivity contribution is 5.60. The number of imidazole rings is 1. The smallest absolute Gasteiger partial charge is 0.434 e. The van der Waals surface area contributed by atoms with Gasteiger partial charge in [0.1, 0.15) is 11.6 Å². The number of aromatic nitrogens is 3. The minimum absolute atomic E-state index is 0.155. The van der Waals surface area contributed by atoms with Crippen LogP contribution in [0.5, 0.6) is 11.6 Å². The van der Waals surface area contributed by atoms with Crippen molar-refractivity contribution < 1.29 is 22.6 Å². The number of hydrogen-bond donors (Lipinski definition) is 0. The lowest BCUT2D eigenvalue weighted by Gasteiger charge is -2.08. The maximum atomic E-state index is 13.1. The highest BCUT2D eigenvalue weighted by Crippen LogP contribution is 2.33. The van der Waals surface area contributed by atoms with Crippen LogP contribution in [0.4, 0.5) is 13.2 Å². The molecule has 0 amide bonds. The second-order valence-electron chi connectivity index (χ2n) is 5.10. The number of methoxy groups -OCH3 is 2. The molecular weight excluding hydrogens is 335 g/mol. The van der Waals surface area contributed by atoms with Crippen LogP contribution in [-0.4, -0.2) is 28.8 Å². The Labute approximate surface area is 141 Å². The van der Waals surface area contributed by atoms with E-state index in [0.717, 1.165) is 6.20 Å². The summed E-state index contributed by atoms with van der Waals surface area (Å²) < 4.78 is 50.7. The van der Waals surface area contributed by atoms with E-state index >= 15 is 0 Å². The monoisotopic (exact) mass is 349 g/mol. The molecule has 0 unspecified atom stereocenters. The first-order chi connectivity index (χ1) is 11.9. The Kier molecular flexibility index (Phi) is 4.35. The molecule has 130 valence electrons. The van der Waals surface area contributed by atoms with Gasteiger partial charge in [-0.25, -0.2) is 9.97 Å². The minimum Gasteiger partial charge on any atom is -0.497 e. The van der Waals surface area contributed by atoms with Crippen LogP contribution < -0.4 is 9.47 Å². The summed E-state index contributed by atoms with van der Waals surface area (Å²) in [6, 6.07) is 9.80. The van der Waals surface area contributed by atoms with Crippen molar-refractivity contribution in [1.82, 2.24) is 14.5 Å². The number of ether oxygens (including phenoxy) is 2. The van der Waals surface area contributed by atoms with Gasteiger partial charge < -0.3 is 9.47 Å². The Morgan fingerprint density at radius 1 is 0.960 bits per heavy atom. The number of halogens is 3. The fourth-order valence-electron chi connectivity index (χ4n) is 2.29. The van der Waals surface area contributed by atoms with Crippen LogP contribution in [0.1, 0.15) is 5.69 Å². The number of hydrogen-bond acceptors (Lipinski definition) is 4. The zero-order valence-corrected chi connectivity index (χ0v) is 13.4. The Morgan fingerprint density at radius 2 is 1.68 bits per heavy atom. The van der Waals surface area contributed by atoms with Crippen LogP contribution in [0.3, 0.4) is 0 Å². The molecule has 0 saturated carbocycles. The lowest BCUT2D eigenvalue weighted by atomic mass is 10.2. The van der Waals surface area contributed by atoms with Gasteiger partial charge in [-0.15, -0.1) is 0 Å². The van der Waals surface area contributed by atoms with Crippen molar-refractivity contribution in [1.29, 1.82) is 0 Å². The standard InChI is InChI=1S/C17H14F3N3O2/c1-24-13-6-3-11(4-7-13)16-22-14(17(18,19)20)10-23(16)12-5-8-15(25-2)21-9-12/h3-10H,1-2H3. The van der Waals surface area contributed by atoms with E-state index in [1.54, 1.807) is 36.4 Å². The average Bonchev–Trinajstić information content (AvgIpc) is 3.07. The van der Waals surface area contributed by atoms with Gasteiger partial charge >= 0.3 is 6.18 Å². The molecule has 1 aromatic carbocycles. The Bertz CT molecular complexity index is 791. The van der Waals surface area contributed by atoms with Crippen LogP contribution >= 0.6 is 0 Å². The fraction of sp³-hybridized carbons (Fsp3) is 0.176. The number of alkyl halides is 3. The third-order valence-electron chi connectivity index (χ3n) is 3.55. The maximum Gasteiger partial charge on any atom is 0.434 e. The summed E-state index contributed by atoms with van der Waals surface area (Å²) in [6.45, 7) is 0. The first-order valence-electron chi connectivity index (χ1n) is 7.24. The Hall–Kier alpha value is -3.03. The van der Waals surface area contributed by atoms with E-state index in [0.29, 0.717) is 22.9 Å². The van der Waals surface area contributed by atoms with E-state index in [9.17, 15) is 13.2 Å². The quantitative estimate of drug-likeness (QED) is 0.715. The maximum absolute atomic E-state index is 13.1. The van der Waals surface area contributed by atoms with Crippen LogP contribution in [-0.2, 0) is 6.18 Å². The Morgan fingerprint density at radius 3 is 2.20 bits per heavy atom. The van der Waals surface area contributed by atoms with Gasteiger partial charge in [0.25, 0.3) is 0 Å². The van der Waals surface area contributed by atoms with Gasteiger partial charge in [-0.1, -0.05) is 0 Å². The predicted octanol–water partition coefficient (Wildman–Crippen LogP) is 3.97. The summed E-state index contributed by atoms with van der Waals surface area (Å²) in [7, 11) is 2.98. The first-order valence-corrected chi connectivity index (χ1v) is 7.24. The Balaban J connectivity index is 2.12. The summed E-state index contributed by atoms with van der Waals surface area (Å²) in [4.78, 5) is 7.80. The van der Waals surface area contributed by atoms with E-state index < -0.39 is 11.9 Å². The van der Waals surface area contributed by atoms with Gasteiger partial charge in [0.2, 0.25) is 5.88 Å². The average molecular weight is 349 g/mol. The third kappa shape index (κ3) is 3.42. The van der Waals surface area contributed by atoms with Gasteiger partial charge in [0.15, 0.2) is 5.69 Å². The highest BCUT2D eigenvalue weighted by atomic mass is 19.4. The zero-order chi connectivity index (χ0) is 18.0. The molecule has 0 aliphatic rings. The van der Waals surface area contributed by atoms with E-state index in [1.165, 1.54) is 25.0 Å². The molecular formula is C17H14F3N3O2. The van der Waals surface area contributed by atoms with Crippen LogP contribution in [0.2, 0.25) is 0 Å². The van der Waals surface area contributed by atoms with Crippen molar-refractivity contribution in [3.05, 3.63) is 54.5 Å². The van der Waals surface area contributed by atoms with Crippen molar-refractivity contribution in [3.63, 3.8) is 0 Å². The van der Waals surface area contributed by atoms with Crippen molar-refractivity contribution >= 4 is 0 Å². The first kappa shape index (κ1) is 16.8. The molecule has 0 fully saturated rings. The van der Waals surface area contributed by atoms with E-state index in [1.807, 2.05) is 0 Å². The molecule has 0 N–H and O–H groups in total. The van der Waals surface area contributed by atoms with Gasteiger partial charge in [0.05, 0.1) is 26.1 Å². The fourth-order valence-corrected chi connectivity index (χ4v) is 2.29. The minimum atomic E-state index is -4.55. The SMILES string of the molecule is COc1ccc(-c2nc(C(F)(F)F)cn2-c2ccc(OC)nc2)cc1. The molecule has 3 rings (SSSR count). The topological polar surface area (TPSA) is 49.2 Å². The van der Waals surface area contributed by atoms with Crippen LogP contribution in [0.15, 0.2) is 48.8 Å². The van der Waals surface area contributed by atoms with Gasteiger partial charge in [-0.3, -0.25) is 4.57 Å². The van der Waals surface area contributed by atoms with Crippen LogP contribution in [0, 0.1) is 0 Å². The molecule has 8 heteroatoms. The molecule has 0 spiro atoms. The largest absolute Gasteiger partial charge is 0.497 e. The number of pyridine rings is 1. The normalized spacial score (nSPS) is 11.4. The molecule has 2 heterocycles. The lowest BCUT2D eigenvalue weighted by molar-refractivity contribution is -0.140. The molecule has 3 aromatic rings. The van der Waals surface area contributed by atoms with E-state index in [-0.39, 0.29) is 5.82 Å². The second kappa shape index (κ2) is 6.46. The van der Waals surface area contributed by atoms with Gasteiger partial charge in [0, 0.05) is 17.8 Å². The molecule has 25 heavy (non-hydrogen) atoms. The molecule has 0 radical (unpaired) electrons. The van der Waals surface area contributed by atoms with Crippen LogP contribution in [0.25, 0.3) is 17.1 Å². The summed E-state index contributed by atoms with van der Waals surface area (Å²) in [5.74, 6) is 1.12.